The summed E-state index contributed by atoms with van der Waals surface area (Å²) in [5.41, 5.74) is 4.33. The van der Waals surface area contributed by atoms with Gasteiger partial charge >= 0.3 is 0 Å². The molecule has 0 aliphatic carbocycles. The summed E-state index contributed by atoms with van der Waals surface area (Å²) in [6, 6.07) is 3.49. The quantitative estimate of drug-likeness (QED) is 0.723. The smallest absolute Gasteiger partial charge is 0.199 e. The van der Waals surface area contributed by atoms with Crippen molar-refractivity contribution in [1.82, 2.24) is 15.5 Å². The van der Waals surface area contributed by atoms with Crippen molar-refractivity contribution >= 4 is 29.2 Å². The lowest BCUT2D eigenvalue weighted by Crippen LogP contribution is -2.14. The molecule has 2 heterocycles. The Balaban J connectivity index is 2.02. The Labute approximate surface area is 146 Å². The average molecular weight is 346 g/mol. The van der Waals surface area contributed by atoms with E-state index >= 15 is 0 Å². The third-order valence-corrected chi connectivity index (χ3v) is 3.74. The fraction of sp³-hybridized carbons (Fsp3) is 0.278. The molecular weight excluding hydrogens is 326 g/mol. The molecule has 5 nitrogen and oxygen atoms in total. The number of allylic oxidation sites excluding steroid dienone is 1. The van der Waals surface area contributed by atoms with Crippen molar-refractivity contribution < 1.29 is 9.32 Å². The van der Waals surface area contributed by atoms with Gasteiger partial charge in [0.05, 0.1) is 10.7 Å². The maximum absolute atomic E-state index is 10.6. The molecule has 0 aliphatic heterocycles. The Morgan fingerprint density at radius 1 is 1.46 bits per heavy atom. The first kappa shape index (κ1) is 17.9. The van der Waals surface area contributed by atoms with Gasteiger partial charge in [-0.15, -0.1) is 0 Å². The first-order valence-electron chi connectivity index (χ1n) is 7.71. The molecule has 0 atom stereocenters. The van der Waals surface area contributed by atoms with Crippen LogP contribution in [0.5, 0.6) is 0 Å². The highest BCUT2D eigenvalue weighted by Crippen LogP contribution is 2.24. The number of rotatable bonds is 8. The van der Waals surface area contributed by atoms with Gasteiger partial charge in [0.1, 0.15) is 5.69 Å². The van der Waals surface area contributed by atoms with E-state index in [1.807, 2.05) is 13.0 Å². The van der Waals surface area contributed by atoms with Crippen LogP contribution in [0.3, 0.4) is 0 Å². The van der Waals surface area contributed by atoms with Crippen LogP contribution in [0.15, 0.2) is 35.5 Å². The number of nitrogens with one attached hydrogen (secondary N) is 1. The van der Waals surface area contributed by atoms with E-state index in [0.717, 1.165) is 24.1 Å². The predicted octanol–water partition coefficient (Wildman–Crippen LogP) is 4.29. The number of aldehydes is 1. The molecule has 6 heteroatoms. The van der Waals surface area contributed by atoms with Crippen LogP contribution >= 0.6 is 11.6 Å². The van der Waals surface area contributed by atoms with Crippen molar-refractivity contribution in [2.45, 2.75) is 26.7 Å². The molecule has 0 aliphatic rings. The summed E-state index contributed by atoms with van der Waals surface area (Å²) in [5, 5.41) is 7.62. The minimum atomic E-state index is 0.181. The molecule has 0 aromatic carbocycles. The lowest BCUT2D eigenvalue weighted by Gasteiger charge is -2.12. The molecule has 126 valence electrons. The zero-order valence-corrected chi connectivity index (χ0v) is 14.6. The maximum Gasteiger partial charge on any atom is 0.199 e. The Bertz CT molecular complexity index is 765. The molecule has 1 N–H and O–H groups in total. The van der Waals surface area contributed by atoms with Gasteiger partial charge in [-0.05, 0) is 31.4 Å². The van der Waals surface area contributed by atoms with Gasteiger partial charge in [0, 0.05) is 30.1 Å². The van der Waals surface area contributed by atoms with Gasteiger partial charge in [0.2, 0.25) is 0 Å². The van der Waals surface area contributed by atoms with Crippen molar-refractivity contribution in [3.05, 3.63) is 58.7 Å². The molecule has 0 radical (unpaired) electrons. The molecule has 24 heavy (non-hydrogen) atoms. The molecular formula is C18H20ClN3O2. The van der Waals surface area contributed by atoms with Gasteiger partial charge in [-0.3, -0.25) is 9.78 Å². The van der Waals surface area contributed by atoms with Crippen LogP contribution in [0.25, 0.3) is 11.3 Å². The van der Waals surface area contributed by atoms with Crippen LogP contribution in [0, 0.1) is 6.92 Å². The largest absolute Gasteiger partial charge is 0.383 e. The van der Waals surface area contributed by atoms with E-state index in [9.17, 15) is 4.79 Å². The normalized spacial score (nSPS) is 11.4. The SMILES string of the molecule is C=C(NCC/C(=C/CC)c1cc(Cl)cnc1C)c1cc(C=O)on1. The number of hydrogen-bond donors (Lipinski definition) is 1. The van der Waals surface area contributed by atoms with Crippen LogP contribution < -0.4 is 5.32 Å². The summed E-state index contributed by atoms with van der Waals surface area (Å²) in [5.74, 6) is 0.181. The van der Waals surface area contributed by atoms with Crippen molar-refractivity contribution in [2.75, 3.05) is 6.54 Å². The van der Waals surface area contributed by atoms with Crippen LogP contribution in [-0.2, 0) is 0 Å². The van der Waals surface area contributed by atoms with E-state index in [1.165, 1.54) is 5.57 Å². The number of pyridine rings is 1. The Hall–Kier alpha value is -2.40. The minimum Gasteiger partial charge on any atom is -0.383 e. The monoisotopic (exact) mass is 345 g/mol. The predicted molar refractivity (Wildman–Crippen MR) is 95.8 cm³/mol. The highest BCUT2D eigenvalue weighted by molar-refractivity contribution is 6.30. The summed E-state index contributed by atoms with van der Waals surface area (Å²) in [6.07, 6.45) is 6.15. The summed E-state index contributed by atoms with van der Waals surface area (Å²) < 4.78 is 4.85. The van der Waals surface area contributed by atoms with Gasteiger partial charge in [-0.25, -0.2) is 0 Å². The Kier molecular flexibility index (Phi) is 6.32. The van der Waals surface area contributed by atoms with E-state index in [1.54, 1.807) is 12.3 Å². The van der Waals surface area contributed by atoms with Gasteiger partial charge in [-0.2, -0.15) is 0 Å². The number of aromatic nitrogens is 2. The standard InChI is InChI=1S/C18H20ClN3O2/c1-4-5-14(17-8-15(19)10-21-12(17)2)6-7-20-13(3)18-9-16(11-23)24-22-18/h5,8-11,20H,3-4,6-7H2,1-2H3/b14-5-. The zero-order chi connectivity index (χ0) is 17.5. The van der Waals surface area contributed by atoms with Gasteiger partial charge in [0.15, 0.2) is 12.0 Å². The van der Waals surface area contributed by atoms with E-state index < -0.39 is 0 Å². The van der Waals surface area contributed by atoms with Crippen molar-refractivity contribution in [3.63, 3.8) is 0 Å². The van der Waals surface area contributed by atoms with Crippen molar-refractivity contribution in [3.8, 4) is 0 Å². The molecule has 2 aromatic heterocycles. The first-order chi connectivity index (χ1) is 11.5. The second-order valence-electron chi connectivity index (χ2n) is 5.31. The summed E-state index contributed by atoms with van der Waals surface area (Å²) >= 11 is 6.08. The van der Waals surface area contributed by atoms with E-state index in [4.69, 9.17) is 16.1 Å². The van der Waals surface area contributed by atoms with Gasteiger partial charge in [0.25, 0.3) is 0 Å². The van der Waals surface area contributed by atoms with E-state index in [0.29, 0.717) is 29.2 Å². The van der Waals surface area contributed by atoms with Crippen LogP contribution in [0.2, 0.25) is 5.02 Å². The van der Waals surface area contributed by atoms with Crippen LogP contribution in [-0.4, -0.2) is 23.0 Å². The van der Waals surface area contributed by atoms with E-state index in [2.05, 4.69) is 35.0 Å². The molecule has 0 saturated carbocycles. The summed E-state index contributed by atoms with van der Waals surface area (Å²) in [7, 11) is 0. The maximum atomic E-state index is 10.6. The fourth-order valence-electron chi connectivity index (χ4n) is 2.35. The minimum absolute atomic E-state index is 0.181. The first-order valence-corrected chi connectivity index (χ1v) is 8.09. The molecule has 0 amide bonds. The molecule has 2 rings (SSSR count). The molecule has 0 bridgehead atoms. The lowest BCUT2D eigenvalue weighted by atomic mass is 10.0. The number of nitrogens with zero attached hydrogens (tertiary/aromatic N) is 2. The summed E-state index contributed by atoms with van der Waals surface area (Å²) in [4.78, 5) is 14.9. The number of carbonyl (C=O) groups excluding carboxylic acids is 1. The number of carbonyl (C=O) groups is 1. The highest BCUT2D eigenvalue weighted by Gasteiger charge is 2.09. The van der Waals surface area contributed by atoms with Crippen molar-refractivity contribution in [1.29, 1.82) is 0 Å². The van der Waals surface area contributed by atoms with Gasteiger partial charge in [-0.1, -0.05) is 36.3 Å². The third kappa shape index (κ3) is 4.55. The molecule has 2 aromatic rings. The Morgan fingerprint density at radius 2 is 2.25 bits per heavy atom. The lowest BCUT2D eigenvalue weighted by molar-refractivity contribution is 0.109. The third-order valence-electron chi connectivity index (χ3n) is 3.54. The second-order valence-corrected chi connectivity index (χ2v) is 5.75. The molecule has 0 unspecified atom stereocenters. The second kappa shape index (κ2) is 8.45. The Morgan fingerprint density at radius 3 is 2.92 bits per heavy atom. The molecule has 0 fully saturated rings. The van der Waals surface area contributed by atoms with Crippen LogP contribution in [0.1, 0.15) is 47.3 Å². The molecule has 0 spiro atoms. The van der Waals surface area contributed by atoms with Crippen LogP contribution in [0.4, 0.5) is 0 Å². The molecule has 0 saturated heterocycles. The van der Waals surface area contributed by atoms with Crippen molar-refractivity contribution in [2.24, 2.45) is 0 Å². The average Bonchev–Trinajstić information content (AvgIpc) is 3.05. The van der Waals surface area contributed by atoms with Gasteiger partial charge < -0.3 is 9.84 Å². The topological polar surface area (TPSA) is 68.0 Å². The number of halogens is 1. The fourth-order valence-corrected chi connectivity index (χ4v) is 2.51. The van der Waals surface area contributed by atoms with E-state index in [-0.39, 0.29) is 5.76 Å². The summed E-state index contributed by atoms with van der Waals surface area (Å²) in [6.45, 7) is 8.65. The number of hydrogen-bond acceptors (Lipinski definition) is 5. The zero-order valence-electron chi connectivity index (χ0n) is 13.8. The highest BCUT2D eigenvalue weighted by atomic mass is 35.5. The number of aryl methyl sites for hydroxylation is 1.